The van der Waals surface area contributed by atoms with Gasteiger partial charge < -0.3 is 15.0 Å². The van der Waals surface area contributed by atoms with Crippen LogP contribution in [0.5, 0.6) is 0 Å². The van der Waals surface area contributed by atoms with E-state index in [1.165, 1.54) is 11.6 Å². The van der Waals surface area contributed by atoms with Crippen molar-refractivity contribution in [1.82, 2.24) is 9.88 Å². The summed E-state index contributed by atoms with van der Waals surface area (Å²) in [5, 5.41) is 12.7. The van der Waals surface area contributed by atoms with Gasteiger partial charge in [0, 0.05) is 24.2 Å². The van der Waals surface area contributed by atoms with Gasteiger partial charge in [0.15, 0.2) is 0 Å². The molecule has 2 aliphatic rings. The van der Waals surface area contributed by atoms with Crippen LogP contribution >= 0.6 is 0 Å². The number of nitrogens with zero attached hydrogens (tertiary/aromatic N) is 1. The van der Waals surface area contributed by atoms with Crippen LogP contribution in [0.15, 0.2) is 48.7 Å². The van der Waals surface area contributed by atoms with Crippen molar-refractivity contribution in [2.75, 3.05) is 0 Å². The standard InChI is InChI=1S/C28H31FN2O3/c1-27(2,3)19-6-4-17(5-7-19)16-31-11-10-21-23(29)9-8-22(24(21)31)25(32)30-20-14-28(15-20)12-18(13-28)26(33)34/h4-11,18,20H,12-16H2,1-3H3,(H,30,32)(H,33,34). The molecule has 3 aromatic rings. The van der Waals surface area contributed by atoms with Crippen LogP contribution in [-0.2, 0) is 16.8 Å². The molecule has 1 heterocycles. The van der Waals surface area contributed by atoms with E-state index in [9.17, 15) is 14.0 Å². The first kappa shape index (κ1) is 22.6. The van der Waals surface area contributed by atoms with Gasteiger partial charge in [-0.15, -0.1) is 0 Å². The summed E-state index contributed by atoms with van der Waals surface area (Å²) in [7, 11) is 0. The highest BCUT2D eigenvalue weighted by molar-refractivity contribution is 6.06. The Hall–Kier alpha value is -3.15. The number of carboxylic acids is 1. The maximum absolute atomic E-state index is 14.6. The van der Waals surface area contributed by atoms with E-state index < -0.39 is 5.97 Å². The maximum Gasteiger partial charge on any atom is 0.306 e. The summed E-state index contributed by atoms with van der Waals surface area (Å²) in [6.07, 6.45) is 4.86. The van der Waals surface area contributed by atoms with Crippen LogP contribution in [0.2, 0.25) is 0 Å². The van der Waals surface area contributed by atoms with Gasteiger partial charge in [0.05, 0.1) is 17.0 Å². The molecule has 2 aliphatic carbocycles. The molecule has 1 amide bonds. The van der Waals surface area contributed by atoms with Crippen molar-refractivity contribution in [2.45, 2.75) is 64.5 Å². The number of carbonyl (C=O) groups is 2. The summed E-state index contributed by atoms with van der Waals surface area (Å²) in [4.78, 5) is 24.3. The molecule has 0 unspecified atom stereocenters. The van der Waals surface area contributed by atoms with Gasteiger partial charge in [0.25, 0.3) is 5.91 Å². The first-order valence-electron chi connectivity index (χ1n) is 12.0. The molecular formula is C28H31FN2O3. The highest BCUT2D eigenvalue weighted by atomic mass is 19.1. The third-order valence-electron chi connectivity index (χ3n) is 7.69. The molecular weight excluding hydrogens is 431 g/mol. The molecule has 0 saturated heterocycles. The summed E-state index contributed by atoms with van der Waals surface area (Å²) in [5.41, 5.74) is 3.55. The molecule has 0 radical (unpaired) electrons. The number of rotatable bonds is 5. The van der Waals surface area contributed by atoms with E-state index in [1.54, 1.807) is 12.1 Å². The molecule has 1 spiro atoms. The number of fused-ring (bicyclic) bond motifs is 1. The molecule has 6 heteroatoms. The van der Waals surface area contributed by atoms with Crippen molar-refractivity contribution in [3.05, 3.63) is 71.2 Å². The van der Waals surface area contributed by atoms with E-state index in [1.807, 2.05) is 10.8 Å². The van der Waals surface area contributed by atoms with Gasteiger partial charge in [0.1, 0.15) is 5.82 Å². The third-order valence-corrected chi connectivity index (χ3v) is 7.69. The highest BCUT2D eigenvalue weighted by Crippen LogP contribution is 2.58. The zero-order valence-electron chi connectivity index (χ0n) is 19.9. The number of carboxylic acid groups (broad SMARTS) is 1. The van der Waals surface area contributed by atoms with E-state index in [0.717, 1.165) is 18.4 Å². The number of amides is 1. The van der Waals surface area contributed by atoms with Gasteiger partial charge in [-0.05, 0) is 65.8 Å². The van der Waals surface area contributed by atoms with E-state index in [-0.39, 0.29) is 34.5 Å². The van der Waals surface area contributed by atoms with Crippen LogP contribution in [0.1, 0.15) is 67.9 Å². The summed E-state index contributed by atoms with van der Waals surface area (Å²) in [6, 6.07) is 13.1. The normalized spacial score (nSPS) is 24.0. The SMILES string of the molecule is CC(C)(C)c1ccc(Cn2ccc3c(F)ccc(C(=O)NC4CC5(C4)CC(C(=O)O)C5)c32)cc1. The first-order valence-corrected chi connectivity index (χ1v) is 12.0. The molecule has 34 heavy (non-hydrogen) atoms. The second kappa shape index (κ2) is 7.97. The lowest BCUT2D eigenvalue weighted by Crippen LogP contribution is -2.57. The van der Waals surface area contributed by atoms with Crippen molar-refractivity contribution in [3.63, 3.8) is 0 Å². The minimum absolute atomic E-state index is 0.0377. The van der Waals surface area contributed by atoms with Crippen molar-refractivity contribution < 1.29 is 19.1 Å². The van der Waals surface area contributed by atoms with Crippen LogP contribution in [0.3, 0.4) is 0 Å². The molecule has 0 aliphatic heterocycles. The number of hydrogen-bond acceptors (Lipinski definition) is 2. The van der Waals surface area contributed by atoms with Crippen LogP contribution in [0.25, 0.3) is 10.9 Å². The maximum atomic E-state index is 14.6. The molecule has 0 bridgehead atoms. The Balaban J connectivity index is 1.33. The lowest BCUT2D eigenvalue weighted by molar-refractivity contribution is -0.155. The van der Waals surface area contributed by atoms with Crippen molar-refractivity contribution in [1.29, 1.82) is 0 Å². The van der Waals surface area contributed by atoms with Gasteiger partial charge in [0.2, 0.25) is 0 Å². The molecule has 1 aromatic heterocycles. The predicted octanol–water partition coefficient (Wildman–Crippen LogP) is 5.50. The van der Waals surface area contributed by atoms with Crippen LogP contribution in [-0.4, -0.2) is 27.6 Å². The number of hydrogen-bond donors (Lipinski definition) is 2. The Morgan fingerprint density at radius 1 is 1.06 bits per heavy atom. The second-order valence-electron chi connectivity index (χ2n) is 11.3. The fourth-order valence-electron chi connectivity index (χ4n) is 5.76. The minimum Gasteiger partial charge on any atom is -0.481 e. The molecule has 5 nitrogen and oxygen atoms in total. The Kier molecular flexibility index (Phi) is 5.30. The number of halogens is 1. The monoisotopic (exact) mass is 462 g/mol. The van der Waals surface area contributed by atoms with Crippen molar-refractivity contribution in [2.24, 2.45) is 11.3 Å². The van der Waals surface area contributed by atoms with E-state index in [2.05, 4.69) is 50.4 Å². The number of carbonyl (C=O) groups excluding carboxylic acids is 1. The van der Waals surface area contributed by atoms with Crippen molar-refractivity contribution in [3.8, 4) is 0 Å². The fourth-order valence-corrected chi connectivity index (χ4v) is 5.76. The molecule has 2 N–H and O–H groups in total. The number of benzene rings is 2. The van der Waals surface area contributed by atoms with Gasteiger partial charge in [-0.1, -0.05) is 45.0 Å². The van der Waals surface area contributed by atoms with Crippen LogP contribution in [0, 0.1) is 17.2 Å². The number of aromatic nitrogens is 1. The van der Waals surface area contributed by atoms with Gasteiger partial charge >= 0.3 is 5.97 Å². The lowest BCUT2D eigenvalue weighted by atomic mass is 9.50. The summed E-state index contributed by atoms with van der Waals surface area (Å²) in [6.45, 7) is 7.07. The predicted molar refractivity (Wildman–Crippen MR) is 129 cm³/mol. The Morgan fingerprint density at radius 3 is 2.35 bits per heavy atom. The Labute approximate surface area is 199 Å². The van der Waals surface area contributed by atoms with Crippen molar-refractivity contribution >= 4 is 22.8 Å². The number of aliphatic carboxylic acids is 1. The fraction of sp³-hybridized carbons (Fsp3) is 0.429. The molecule has 5 rings (SSSR count). The minimum atomic E-state index is -0.722. The quantitative estimate of drug-likeness (QED) is 0.526. The van der Waals surface area contributed by atoms with E-state index >= 15 is 0 Å². The van der Waals surface area contributed by atoms with E-state index in [0.29, 0.717) is 35.9 Å². The smallest absolute Gasteiger partial charge is 0.306 e. The topological polar surface area (TPSA) is 71.3 Å². The molecule has 2 saturated carbocycles. The van der Waals surface area contributed by atoms with Crippen LogP contribution in [0.4, 0.5) is 4.39 Å². The van der Waals surface area contributed by atoms with Gasteiger partial charge in [-0.2, -0.15) is 0 Å². The largest absolute Gasteiger partial charge is 0.481 e. The van der Waals surface area contributed by atoms with Gasteiger partial charge in [-0.25, -0.2) is 4.39 Å². The Bertz CT molecular complexity index is 1260. The molecule has 0 atom stereocenters. The molecule has 2 fully saturated rings. The lowest BCUT2D eigenvalue weighted by Gasteiger charge is -2.56. The zero-order chi connectivity index (χ0) is 24.3. The first-order chi connectivity index (χ1) is 16.0. The Morgan fingerprint density at radius 2 is 1.74 bits per heavy atom. The number of nitrogens with one attached hydrogen (secondary N) is 1. The average Bonchev–Trinajstić information content (AvgIpc) is 3.13. The molecule has 2 aromatic carbocycles. The highest BCUT2D eigenvalue weighted by Gasteiger charge is 2.55. The van der Waals surface area contributed by atoms with Gasteiger partial charge in [-0.3, -0.25) is 9.59 Å². The third kappa shape index (κ3) is 3.99. The van der Waals surface area contributed by atoms with Crippen LogP contribution < -0.4 is 5.32 Å². The summed E-state index contributed by atoms with van der Waals surface area (Å²) < 4.78 is 16.5. The summed E-state index contributed by atoms with van der Waals surface area (Å²) >= 11 is 0. The zero-order valence-corrected chi connectivity index (χ0v) is 19.9. The average molecular weight is 463 g/mol. The second-order valence-corrected chi connectivity index (χ2v) is 11.3. The molecule has 178 valence electrons. The van der Waals surface area contributed by atoms with E-state index in [4.69, 9.17) is 5.11 Å². The summed E-state index contributed by atoms with van der Waals surface area (Å²) in [5.74, 6) is -1.51.